The van der Waals surface area contributed by atoms with E-state index in [0.717, 1.165) is 23.9 Å². The van der Waals surface area contributed by atoms with Crippen molar-refractivity contribution in [1.29, 1.82) is 0 Å². The summed E-state index contributed by atoms with van der Waals surface area (Å²) in [7, 11) is 3.08. The van der Waals surface area contributed by atoms with E-state index in [1.165, 1.54) is 19.2 Å². The standard InChI is InChI=1S/C20H21F3N4O2/c1-4-9-24-18-14-10-16(28-2)17(29-3)11-15(14)26-19(27-18)25-13-7-5-12(6-8-13)20(21,22)23/h5-8,10-11H,4,9H2,1-3H3,(H2,24,25,26,27). The first-order valence-electron chi connectivity index (χ1n) is 8.97. The Morgan fingerprint density at radius 3 is 2.21 bits per heavy atom. The van der Waals surface area contributed by atoms with Crippen LogP contribution >= 0.6 is 0 Å². The van der Waals surface area contributed by atoms with Gasteiger partial charge in [0.1, 0.15) is 5.82 Å². The highest BCUT2D eigenvalue weighted by Gasteiger charge is 2.30. The minimum atomic E-state index is -4.38. The third kappa shape index (κ3) is 4.61. The molecule has 0 aliphatic heterocycles. The van der Waals surface area contributed by atoms with Crippen molar-refractivity contribution in [2.24, 2.45) is 0 Å². The number of halogens is 3. The highest BCUT2D eigenvalue weighted by Crippen LogP contribution is 2.35. The van der Waals surface area contributed by atoms with Crippen LogP contribution in [0.15, 0.2) is 36.4 Å². The lowest BCUT2D eigenvalue weighted by atomic mass is 10.2. The Morgan fingerprint density at radius 1 is 0.966 bits per heavy atom. The van der Waals surface area contributed by atoms with Crippen molar-refractivity contribution in [1.82, 2.24) is 9.97 Å². The largest absolute Gasteiger partial charge is 0.493 e. The van der Waals surface area contributed by atoms with Gasteiger partial charge in [0.05, 0.1) is 25.3 Å². The molecule has 3 aromatic rings. The van der Waals surface area contributed by atoms with E-state index in [0.29, 0.717) is 35.1 Å². The minimum absolute atomic E-state index is 0.253. The summed E-state index contributed by atoms with van der Waals surface area (Å²) in [6.45, 7) is 2.72. The molecule has 0 fully saturated rings. The van der Waals surface area contributed by atoms with Crippen LogP contribution in [0.4, 0.5) is 30.6 Å². The van der Waals surface area contributed by atoms with E-state index in [2.05, 4.69) is 20.6 Å². The number of ether oxygens (including phenoxy) is 2. The van der Waals surface area contributed by atoms with Gasteiger partial charge in [-0.1, -0.05) is 6.92 Å². The lowest BCUT2D eigenvalue weighted by molar-refractivity contribution is -0.137. The van der Waals surface area contributed by atoms with Crippen LogP contribution in [0.1, 0.15) is 18.9 Å². The van der Waals surface area contributed by atoms with Gasteiger partial charge >= 0.3 is 6.18 Å². The second-order valence-electron chi connectivity index (χ2n) is 6.25. The third-order valence-corrected chi connectivity index (χ3v) is 4.21. The number of hydrogen-bond donors (Lipinski definition) is 2. The topological polar surface area (TPSA) is 68.3 Å². The fraction of sp³-hybridized carbons (Fsp3) is 0.300. The molecular weight excluding hydrogens is 385 g/mol. The maximum Gasteiger partial charge on any atom is 0.416 e. The van der Waals surface area contributed by atoms with E-state index in [9.17, 15) is 13.2 Å². The number of rotatable bonds is 7. The number of anilines is 3. The van der Waals surface area contributed by atoms with Gasteiger partial charge in [-0.2, -0.15) is 18.2 Å². The van der Waals surface area contributed by atoms with E-state index in [1.807, 2.05) is 6.92 Å². The van der Waals surface area contributed by atoms with Gasteiger partial charge in [0, 0.05) is 23.7 Å². The Labute approximate surface area is 166 Å². The normalized spacial score (nSPS) is 11.4. The zero-order valence-corrected chi connectivity index (χ0v) is 16.2. The summed E-state index contributed by atoms with van der Waals surface area (Å²) >= 11 is 0. The molecule has 0 unspecified atom stereocenters. The molecule has 1 heterocycles. The maximum atomic E-state index is 12.8. The summed E-state index contributed by atoms with van der Waals surface area (Å²) in [6.07, 6.45) is -3.49. The number of nitrogens with one attached hydrogen (secondary N) is 2. The van der Waals surface area contributed by atoms with Crippen LogP contribution in [0, 0.1) is 0 Å². The summed E-state index contributed by atoms with van der Waals surface area (Å²) in [6, 6.07) is 8.20. The molecule has 0 bridgehead atoms. The molecule has 3 rings (SSSR count). The summed E-state index contributed by atoms with van der Waals surface area (Å²) in [5, 5.41) is 6.95. The van der Waals surface area contributed by atoms with Crippen LogP contribution in [-0.4, -0.2) is 30.7 Å². The molecule has 29 heavy (non-hydrogen) atoms. The Bertz CT molecular complexity index is 992. The zero-order chi connectivity index (χ0) is 21.0. The first kappa shape index (κ1) is 20.5. The van der Waals surface area contributed by atoms with Crippen LogP contribution in [0.3, 0.4) is 0 Å². The molecule has 0 saturated carbocycles. The number of benzene rings is 2. The third-order valence-electron chi connectivity index (χ3n) is 4.21. The van der Waals surface area contributed by atoms with Gasteiger partial charge in [0.15, 0.2) is 11.5 Å². The Hall–Kier alpha value is -3.23. The molecule has 0 aliphatic rings. The predicted molar refractivity (Wildman–Crippen MR) is 106 cm³/mol. The van der Waals surface area contributed by atoms with Crippen molar-refractivity contribution >= 4 is 28.4 Å². The van der Waals surface area contributed by atoms with Gasteiger partial charge in [-0.3, -0.25) is 0 Å². The summed E-state index contributed by atoms with van der Waals surface area (Å²) < 4.78 is 48.9. The quantitative estimate of drug-likeness (QED) is 0.560. The highest BCUT2D eigenvalue weighted by molar-refractivity contribution is 5.93. The van der Waals surface area contributed by atoms with Gasteiger partial charge in [0.2, 0.25) is 5.95 Å². The average molecular weight is 406 g/mol. The Kier molecular flexibility index (Phi) is 5.95. The number of aromatic nitrogens is 2. The number of alkyl halides is 3. The van der Waals surface area contributed by atoms with Crippen LogP contribution in [0.5, 0.6) is 11.5 Å². The molecule has 6 nitrogen and oxygen atoms in total. The van der Waals surface area contributed by atoms with Crippen LogP contribution < -0.4 is 20.1 Å². The van der Waals surface area contributed by atoms with Crippen molar-refractivity contribution in [3.63, 3.8) is 0 Å². The molecular formula is C20H21F3N4O2. The zero-order valence-electron chi connectivity index (χ0n) is 16.2. The SMILES string of the molecule is CCCNc1nc(Nc2ccc(C(F)(F)F)cc2)nc2cc(OC)c(OC)cc12. The lowest BCUT2D eigenvalue weighted by Crippen LogP contribution is -2.07. The van der Waals surface area contributed by atoms with E-state index in [1.54, 1.807) is 19.2 Å². The molecule has 2 aromatic carbocycles. The fourth-order valence-electron chi connectivity index (χ4n) is 2.76. The van der Waals surface area contributed by atoms with E-state index in [-0.39, 0.29) is 5.95 Å². The molecule has 1 aromatic heterocycles. The first-order valence-corrected chi connectivity index (χ1v) is 8.97. The number of methoxy groups -OCH3 is 2. The fourth-order valence-corrected chi connectivity index (χ4v) is 2.76. The molecule has 9 heteroatoms. The molecule has 0 spiro atoms. The van der Waals surface area contributed by atoms with Gasteiger partial charge in [-0.25, -0.2) is 4.98 Å². The van der Waals surface area contributed by atoms with E-state index in [4.69, 9.17) is 9.47 Å². The summed E-state index contributed by atoms with van der Waals surface area (Å²) in [5.74, 6) is 1.91. The van der Waals surface area contributed by atoms with Gasteiger partial charge < -0.3 is 20.1 Å². The van der Waals surface area contributed by atoms with Crippen molar-refractivity contribution in [3.05, 3.63) is 42.0 Å². The molecule has 0 amide bonds. The van der Waals surface area contributed by atoms with E-state index < -0.39 is 11.7 Å². The monoisotopic (exact) mass is 406 g/mol. The Morgan fingerprint density at radius 2 is 1.62 bits per heavy atom. The first-order chi connectivity index (χ1) is 13.9. The number of hydrogen-bond acceptors (Lipinski definition) is 6. The maximum absolute atomic E-state index is 12.8. The second kappa shape index (κ2) is 8.42. The number of nitrogens with zero attached hydrogens (tertiary/aromatic N) is 2. The summed E-state index contributed by atoms with van der Waals surface area (Å²) in [4.78, 5) is 8.96. The van der Waals surface area contributed by atoms with E-state index >= 15 is 0 Å². The molecule has 0 aliphatic carbocycles. The van der Waals surface area contributed by atoms with Gasteiger partial charge in [-0.05, 0) is 36.8 Å². The van der Waals surface area contributed by atoms with Crippen molar-refractivity contribution in [3.8, 4) is 11.5 Å². The molecule has 2 N–H and O–H groups in total. The molecule has 0 atom stereocenters. The van der Waals surface area contributed by atoms with Gasteiger partial charge in [-0.15, -0.1) is 0 Å². The number of fused-ring (bicyclic) bond motifs is 1. The average Bonchev–Trinajstić information content (AvgIpc) is 2.70. The summed E-state index contributed by atoms with van der Waals surface area (Å²) in [5.41, 5.74) is 0.328. The highest BCUT2D eigenvalue weighted by atomic mass is 19.4. The van der Waals surface area contributed by atoms with Crippen LogP contribution in [0.2, 0.25) is 0 Å². The molecule has 154 valence electrons. The van der Waals surface area contributed by atoms with Crippen molar-refractivity contribution < 1.29 is 22.6 Å². The van der Waals surface area contributed by atoms with Gasteiger partial charge in [0.25, 0.3) is 0 Å². The second-order valence-corrected chi connectivity index (χ2v) is 6.25. The van der Waals surface area contributed by atoms with Crippen LogP contribution in [0.25, 0.3) is 10.9 Å². The van der Waals surface area contributed by atoms with Crippen molar-refractivity contribution in [2.75, 3.05) is 31.4 Å². The Balaban J connectivity index is 2.01. The molecule has 0 radical (unpaired) electrons. The smallest absolute Gasteiger partial charge is 0.416 e. The molecule has 0 saturated heterocycles. The van der Waals surface area contributed by atoms with Crippen molar-refractivity contribution in [2.45, 2.75) is 19.5 Å². The predicted octanol–water partition coefficient (Wildman–Crippen LogP) is 5.23. The minimum Gasteiger partial charge on any atom is -0.493 e. The van der Waals surface area contributed by atoms with Crippen LogP contribution in [-0.2, 0) is 6.18 Å². The lowest BCUT2D eigenvalue weighted by Gasteiger charge is -2.14.